The lowest BCUT2D eigenvalue weighted by molar-refractivity contribution is -0.147. The van der Waals surface area contributed by atoms with Crippen LogP contribution in [0.5, 0.6) is 0 Å². The van der Waals surface area contributed by atoms with Crippen molar-refractivity contribution in [3.63, 3.8) is 0 Å². The van der Waals surface area contributed by atoms with Crippen LogP contribution in [0, 0.1) is 0 Å². The largest absolute Gasteiger partial charge is 0.598 e. The van der Waals surface area contributed by atoms with E-state index < -0.39 is 28.3 Å². The summed E-state index contributed by atoms with van der Waals surface area (Å²) in [5.74, 6) is 0. The van der Waals surface area contributed by atoms with E-state index in [4.69, 9.17) is 0 Å². The van der Waals surface area contributed by atoms with Crippen molar-refractivity contribution < 1.29 is 17.7 Å². The normalized spacial score (nSPS) is 18.5. The molecular weight excluding hydrogens is 203 g/mol. The second-order valence-electron chi connectivity index (χ2n) is 3.76. The summed E-state index contributed by atoms with van der Waals surface area (Å²) in [6, 6.07) is -1.74. The zero-order valence-electron chi connectivity index (χ0n) is 8.03. The van der Waals surface area contributed by atoms with Crippen molar-refractivity contribution in [1.82, 2.24) is 4.72 Å². The van der Waals surface area contributed by atoms with Gasteiger partial charge in [0.25, 0.3) is 0 Å². The first-order chi connectivity index (χ1) is 5.55. The minimum atomic E-state index is -4.35. The highest BCUT2D eigenvalue weighted by Gasteiger charge is 2.41. The van der Waals surface area contributed by atoms with Crippen LogP contribution in [0.4, 0.5) is 13.2 Å². The third-order valence-electron chi connectivity index (χ3n) is 1.33. The predicted octanol–water partition coefficient (Wildman–Crippen LogP) is 1.99. The Bertz CT molecular complexity index is 148. The third-order valence-corrected chi connectivity index (χ3v) is 3.01. The van der Waals surface area contributed by atoms with Crippen LogP contribution in [0.25, 0.3) is 0 Å². The number of halogens is 3. The average Bonchev–Trinajstić information content (AvgIpc) is 1.82. The summed E-state index contributed by atoms with van der Waals surface area (Å²) < 4.78 is 48.5. The minimum Gasteiger partial charge on any atom is -0.598 e. The zero-order chi connectivity index (χ0) is 10.9. The Kier molecular flexibility index (Phi) is 4.08. The van der Waals surface area contributed by atoms with E-state index in [2.05, 4.69) is 0 Å². The molecule has 6 heteroatoms. The van der Waals surface area contributed by atoms with Crippen LogP contribution in [0.3, 0.4) is 0 Å². The molecule has 0 aliphatic heterocycles. The van der Waals surface area contributed by atoms with Gasteiger partial charge in [0, 0.05) is 11.4 Å². The van der Waals surface area contributed by atoms with Crippen molar-refractivity contribution in [2.24, 2.45) is 0 Å². The molecule has 0 saturated heterocycles. The minimum absolute atomic E-state index is 0.681. The topological polar surface area (TPSA) is 35.1 Å². The molecule has 0 radical (unpaired) electrons. The number of nitrogens with one attached hydrogen (secondary N) is 1. The summed E-state index contributed by atoms with van der Waals surface area (Å²) in [5, 5.41) is 0. The second kappa shape index (κ2) is 4.06. The van der Waals surface area contributed by atoms with Crippen molar-refractivity contribution in [3.05, 3.63) is 0 Å². The highest BCUT2D eigenvalue weighted by Crippen LogP contribution is 2.22. The van der Waals surface area contributed by atoms with Crippen LogP contribution in [0.2, 0.25) is 0 Å². The molecule has 1 N–H and O–H groups in total. The Morgan fingerprint density at radius 2 is 1.62 bits per heavy atom. The first-order valence-corrected chi connectivity index (χ1v) is 4.95. The van der Waals surface area contributed by atoms with E-state index in [-0.39, 0.29) is 0 Å². The Labute approximate surface area is 79.2 Å². The zero-order valence-corrected chi connectivity index (χ0v) is 8.84. The van der Waals surface area contributed by atoms with E-state index in [9.17, 15) is 17.7 Å². The first-order valence-electron chi connectivity index (χ1n) is 3.80. The van der Waals surface area contributed by atoms with E-state index in [1.807, 2.05) is 4.72 Å². The van der Waals surface area contributed by atoms with Crippen molar-refractivity contribution in [2.75, 3.05) is 0 Å². The molecule has 0 aliphatic rings. The predicted molar refractivity (Wildman–Crippen MR) is 46.5 cm³/mol. The van der Waals surface area contributed by atoms with Gasteiger partial charge in [-0.25, -0.2) is 0 Å². The van der Waals surface area contributed by atoms with Crippen LogP contribution >= 0.6 is 0 Å². The molecule has 80 valence electrons. The van der Waals surface area contributed by atoms with Gasteiger partial charge in [-0.3, -0.25) is 0 Å². The maximum Gasteiger partial charge on any atom is 0.407 e. The number of alkyl halides is 3. The highest BCUT2D eigenvalue weighted by molar-refractivity contribution is 7.90. The van der Waals surface area contributed by atoms with Crippen LogP contribution in [0.1, 0.15) is 27.7 Å². The quantitative estimate of drug-likeness (QED) is 0.718. The molecule has 0 aromatic carbocycles. The monoisotopic (exact) mass is 217 g/mol. The number of rotatable bonds is 2. The van der Waals surface area contributed by atoms with Crippen molar-refractivity contribution in [3.8, 4) is 0 Å². The molecule has 2 atom stereocenters. The number of hydrogen-bond donors (Lipinski definition) is 1. The highest BCUT2D eigenvalue weighted by atomic mass is 32.2. The van der Waals surface area contributed by atoms with Gasteiger partial charge >= 0.3 is 6.18 Å². The molecule has 0 aromatic heterocycles. The van der Waals surface area contributed by atoms with Gasteiger partial charge < -0.3 is 4.55 Å². The summed E-state index contributed by atoms with van der Waals surface area (Å²) in [6.45, 7) is 5.78. The third kappa shape index (κ3) is 4.73. The molecule has 0 spiro atoms. The fraction of sp³-hybridized carbons (Fsp3) is 1.00. The van der Waals surface area contributed by atoms with E-state index in [1.165, 1.54) is 0 Å². The molecule has 0 rings (SSSR count). The Morgan fingerprint density at radius 1 is 1.23 bits per heavy atom. The average molecular weight is 217 g/mol. The van der Waals surface area contributed by atoms with Gasteiger partial charge in [0.1, 0.15) is 10.8 Å². The molecule has 0 heterocycles. The maximum absolute atomic E-state index is 12.0. The van der Waals surface area contributed by atoms with Gasteiger partial charge in [0.05, 0.1) is 0 Å². The smallest absolute Gasteiger partial charge is 0.407 e. The van der Waals surface area contributed by atoms with Crippen LogP contribution in [-0.4, -0.2) is 21.5 Å². The lowest BCUT2D eigenvalue weighted by Crippen LogP contribution is -2.49. The van der Waals surface area contributed by atoms with Crippen molar-refractivity contribution >= 4 is 11.4 Å². The van der Waals surface area contributed by atoms with Gasteiger partial charge in [0.2, 0.25) is 0 Å². The van der Waals surface area contributed by atoms with Gasteiger partial charge in [-0.2, -0.15) is 13.2 Å². The summed E-state index contributed by atoms with van der Waals surface area (Å²) in [7, 11) is 0. The van der Waals surface area contributed by atoms with Gasteiger partial charge in [-0.15, -0.1) is 4.72 Å². The Morgan fingerprint density at radius 3 is 1.85 bits per heavy atom. The SMILES string of the molecule is C[C@@H](N[S@+]([O-])C(C)(C)C)C(F)(F)F. The fourth-order valence-corrected chi connectivity index (χ4v) is 1.21. The molecule has 0 fully saturated rings. The molecule has 0 aromatic rings. The standard InChI is InChI=1S/C7H14F3NOS/c1-5(7(8,9)10)11-13(12)6(2,3)4/h5,11H,1-4H3/t5-,13-/m1/s1. The van der Waals surface area contributed by atoms with E-state index in [1.54, 1.807) is 20.8 Å². The lowest BCUT2D eigenvalue weighted by atomic mass is 10.3. The molecular formula is C7H14F3NOS. The second-order valence-corrected chi connectivity index (χ2v) is 5.76. The molecule has 0 unspecified atom stereocenters. The number of hydrogen-bond acceptors (Lipinski definition) is 2. The first kappa shape index (κ1) is 13.1. The summed E-state index contributed by atoms with van der Waals surface area (Å²) in [6.07, 6.45) is -4.35. The Hall–Kier alpha value is 0.0600. The maximum atomic E-state index is 12.0. The van der Waals surface area contributed by atoms with Crippen LogP contribution in [0.15, 0.2) is 0 Å². The molecule has 0 amide bonds. The summed E-state index contributed by atoms with van der Waals surface area (Å²) in [5.41, 5.74) is 0. The van der Waals surface area contributed by atoms with E-state index in [0.717, 1.165) is 6.92 Å². The van der Waals surface area contributed by atoms with Crippen LogP contribution in [-0.2, 0) is 11.4 Å². The summed E-state index contributed by atoms with van der Waals surface area (Å²) in [4.78, 5) is 0. The fourth-order valence-electron chi connectivity index (χ4n) is 0.404. The van der Waals surface area contributed by atoms with Gasteiger partial charge in [-0.05, 0) is 27.7 Å². The lowest BCUT2D eigenvalue weighted by Gasteiger charge is -2.27. The van der Waals surface area contributed by atoms with E-state index >= 15 is 0 Å². The van der Waals surface area contributed by atoms with Gasteiger partial charge in [-0.1, -0.05) is 0 Å². The van der Waals surface area contributed by atoms with Gasteiger partial charge in [0.15, 0.2) is 0 Å². The molecule has 0 saturated carbocycles. The molecule has 2 nitrogen and oxygen atoms in total. The van der Waals surface area contributed by atoms with Crippen LogP contribution < -0.4 is 4.72 Å². The molecule has 0 bridgehead atoms. The molecule has 13 heavy (non-hydrogen) atoms. The Balaban J connectivity index is 4.15. The van der Waals surface area contributed by atoms with E-state index in [0.29, 0.717) is 0 Å². The summed E-state index contributed by atoms with van der Waals surface area (Å²) >= 11 is -1.68. The molecule has 0 aliphatic carbocycles. The van der Waals surface area contributed by atoms with Crippen molar-refractivity contribution in [1.29, 1.82) is 0 Å². The van der Waals surface area contributed by atoms with Crippen molar-refractivity contribution in [2.45, 2.75) is 44.7 Å².